The first kappa shape index (κ1) is 17.0. The minimum atomic E-state index is -0.367. The first-order valence-corrected chi connectivity index (χ1v) is 8.43. The molecule has 2 heterocycles. The molecule has 25 heavy (non-hydrogen) atoms. The Kier molecular flexibility index (Phi) is 5.28. The van der Waals surface area contributed by atoms with Gasteiger partial charge in [-0.1, -0.05) is 12.1 Å². The number of benzene rings is 1. The normalized spacial score (nSPS) is 13.8. The Morgan fingerprint density at radius 2 is 2.04 bits per heavy atom. The molecular formula is C19H21N3O3. The molecule has 6 nitrogen and oxygen atoms in total. The van der Waals surface area contributed by atoms with E-state index < -0.39 is 0 Å². The fourth-order valence-corrected chi connectivity index (χ4v) is 2.74. The number of nitrogens with zero attached hydrogens (tertiary/aromatic N) is 2. The van der Waals surface area contributed by atoms with Gasteiger partial charge in [-0.2, -0.15) is 0 Å². The highest BCUT2D eigenvalue weighted by Gasteiger charge is 2.21. The van der Waals surface area contributed by atoms with Gasteiger partial charge in [-0.15, -0.1) is 0 Å². The van der Waals surface area contributed by atoms with Crippen LogP contribution in [0.3, 0.4) is 0 Å². The van der Waals surface area contributed by atoms with Crippen LogP contribution in [0.15, 0.2) is 42.6 Å². The molecule has 1 fully saturated rings. The number of carbonyl (C=O) groups is 2. The molecule has 0 saturated carbocycles. The minimum Gasteiger partial charge on any atom is -0.462 e. The molecule has 1 aromatic carbocycles. The zero-order chi connectivity index (χ0) is 17.6. The number of esters is 1. The summed E-state index contributed by atoms with van der Waals surface area (Å²) in [5.41, 5.74) is 2.47. The summed E-state index contributed by atoms with van der Waals surface area (Å²) >= 11 is 0. The van der Waals surface area contributed by atoms with E-state index in [-0.39, 0.29) is 11.9 Å². The number of hydrogen-bond acceptors (Lipinski definition) is 5. The maximum atomic E-state index is 11.8. The van der Waals surface area contributed by atoms with Crippen LogP contribution < -0.4 is 10.2 Å². The standard InChI is InChI=1S/C19H21N3O3/c1-2-25-19(24)15-7-10-17(21-13-15)20-12-14-5-8-16(9-6-14)22-11-3-4-18(22)23/h5-10,13H,2-4,11-12H2,1H3,(H,20,21). The second-order valence-electron chi connectivity index (χ2n) is 5.82. The van der Waals surface area contributed by atoms with Crippen LogP contribution in [0.25, 0.3) is 0 Å². The molecule has 6 heteroatoms. The fraction of sp³-hybridized carbons (Fsp3) is 0.316. The van der Waals surface area contributed by atoms with E-state index in [2.05, 4.69) is 10.3 Å². The molecule has 1 aliphatic rings. The van der Waals surface area contributed by atoms with Crippen LogP contribution in [0.5, 0.6) is 0 Å². The highest BCUT2D eigenvalue weighted by atomic mass is 16.5. The Bertz CT molecular complexity index is 742. The smallest absolute Gasteiger partial charge is 0.339 e. The molecule has 0 radical (unpaired) electrons. The van der Waals surface area contributed by atoms with E-state index in [1.807, 2.05) is 29.2 Å². The molecule has 0 spiro atoms. The van der Waals surface area contributed by atoms with Crippen molar-refractivity contribution in [2.75, 3.05) is 23.4 Å². The Labute approximate surface area is 146 Å². The van der Waals surface area contributed by atoms with Crippen LogP contribution in [0.4, 0.5) is 11.5 Å². The molecule has 1 N–H and O–H groups in total. The van der Waals surface area contributed by atoms with Gasteiger partial charge in [0.25, 0.3) is 0 Å². The number of pyridine rings is 1. The minimum absolute atomic E-state index is 0.191. The largest absolute Gasteiger partial charge is 0.462 e. The Morgan fingerprint density at radius 1 is 1.24 bits per heavy atom. The molecule has 130 valence electrons. The lowest BCUT2D eigenvalue weighted by atomic mass is 10.2. The average Bonchev–Trinajstić information content (AvgIpc) is 3.07. The number of rotatable bonds is 6. The summed E-state index contributed by atoms with van der Waals surface area (Å²) < 4.78 is 4.93. The van der Waals surface area contributed by atoms with Crippen LogP contribution in [-0.2, 0) is 16.1 Å². The van der Waals surface area contributed by atoms with Crippen molar-refractivity contribution in [1.29, 1.82) is 0 Å². The monoisotopic (exact) mass is 339 g/mol. The van der Waals surface area contributed by atoms with Gasteiger partial charge in [-0.3, -0.25) is 4.79 Å². The zero-order valence-electron chi connectivity index (χ0n) is 14.2. The molecule has 1 aromatic heterocycles. The first-order valence-electron chi connectivity index (χ1n) is 8.43. The lowest BCUT2D eigenvalue weighted by molar-refractivity contribution is -0.117. The Morgan fingerprint density at radius 3 is 2.64 bits per heavy atom. The van der Waals surface area contributed by atoms with Crippen LogP contribution in [0.2, 0.25) is 0 Å². The summed E-state index contributed by atoms with van der Waals surface area (Å²) in [4.78, 5) is 29.4. The summed E-state index contributed by atoms with van der Waals surface area (Å²) in [6.45, 7) is 3.52. The third kappa shape index (κ3) is 4.15. The Balaban J connectivity index is 1.56. The van der Waals surface area contributed by atoms with E-state index in [4.69, 9.17) is 4.74 Å². The van der Waals surface area contributed by atoms with Gasteiger partial charge in [-0.05, 0) is 43.2 Å². The predicted octanol–water partition coefficient (Wildman–Crippen LogP) is 3.00. The van der Waals surface area contributed by atoms with Crippen molar-refractivity contribution in [3.63, 3.8) is 0 Å². The maximum absolute atomic E-state index is 11.8. The van der Waals surface area contributed by atoms with Gasteiger partial charge in [0.15, 0.2) is 0 Å². The van der Waals surface area contributed by atoms with Gasteiger partial charge in [0.1, 0.15) is 5.82 Å². The molecule has 0 bridgehead atoms. The topological polar surface area (TPSA) is 71.5 Å². The third-order valence-corrected chi connectivity index (χ3v) is 4.07. The number of carbonyl (C=O) groups excluding carboxylic acids is 2. The molecule has 1 aliphatic heterocycles. The fourth-order valence-electron chi connectivity index (χ4n) is 2.74. The van der Waals surface area contributed by atoms with Crippen molar-refractivity contribution >= 4 is 23.4 Å². The van der Waals surface area contributed by atoms with Gasteiger partial charge < -0.3 is 15.0 Å². The Hall–Kier alpha value is -2.89. The number of anilines is 2. The van der Waals surface area contributed by atoms with E-state index >= 15 is 0 Å². The molecule has 3 rings (SSSR count). The summed E-state index contributed by atoms with van der Waals surface area (Å²) in [5, 5.41) is 3.21. The second-order valence-corrected chi connectivity index (χ2v) is 5.82. The molecule has 0 atom stereocenters. The van der Waals surface area contributed by atoms with Gasteiger partial charge in [0.05, 0.1) is 12.2 Å². The quantitative estimate of drug-likeness (QED) is 0.819. The van der Waals surface area contributed by atoms with E-state index in [1.165, 1.54) is 6.20 Å². The lowest BCUT2D eigenvalue weighted by Gasteiger charge is -2.16. The van der Waals surface area contributed by atoms with E-state index in [9.17, 15) is 9.59 Å². The number of amides is 1. The number of hydrogen-bond donors (Lipinski definition) is 1. The maximum Gasteiger partial charge on any atom is 0.339 e. The van der Waals surface area contributed by atoms with Gasteiger partial charge in [-0.25, -0.2) is 9.78 Å². The van der Waals surface area contributed by atoms with Gasteiger partial charge in [0, 0.05) is 31.4 Å². The van der Waals surface area contributed by atoms with Crippen molar-refractivity contribution in [2.24, 2.45) is 0 Å². The highest BCUT2D eigenvalue weighted by molar-refractivity contribution is 5.95. The van der Waals surface area contributed by atoms with Crippen LogP contribution in [0.1, 0.15) is 35.7 Å². The highest BCUT2D eigenvalue weighted by Crippen LogP contribution is 2.21. The van der Waals surface area contributed by atoms with Crippen molar-refractivity contribution in [3.8, 4) is 0 Å². The van der Waals surface area contributed by atoms with Gasteiger partial charge >= 0.3 is 5.97 Å². The summed E-state index contributed by atoms with van der Waals surface area (Å²) in [6.07, 6.45) is 3.06. The number of aromatic nitrogens is 1. The summed E-state index contributed by atoms with van der Waals surface area (Å²) in [7, 11) is 0. The lowest BCUT2D eigenvalue weighted by Crippen LogP contribution is -2.23. The molecule has 0 unspecified atom stereocenters. The molecular weight excluding hydrogens is 318 g/mol. The van der Waals surface area contributed by atoms with Crippen molar-refractivity contribution in [1.82, 2.24) is 4.98 Å². The molecule has 2 aromatic rings. The summed E-state index contributed by atoms with van der Waals surface area (Å²) in [6, 6.07) is 11.4. The van der Waals surface area contributed by atoms with E-state index in [1.54, 1.807) is 19.1 Å². The van der Waals surface area contributed by atoms with Crippen molar-refractivity contribution in [3.05, 3.63) is 53.7 Å². The van der Waals surface area contributed by atoms with Crippen LogP contribution >= 0.6 is 0 Å². The van der Waals surface area contributed by atoms with Crippen LogP contribution in [-0.4, -0.2) is 30.0 Å². The van der Waals surface area contributed by atoms with Crippen LogP contribution in [0, 0.1) is 0 Å². The van der Waals surface area contributed by atoms with Crippen molar-refractivity contribution < 1.29 is 14.3 Å². The van der Waals surface area contributed by atoms with E-state index in [0.717, 1.165) is 24.2 Å². The molecule has 1 amide bonds. The first-order chi connectivity index (χ1) is 12.2. The molecule has 1 saturated heterocycles. The third-order valence-electron chi connectivity index (χ3n) is 4.07. The predicted molar refractivity (Wildman–Crippen MR) is 95.5 cm³/mol. The number of ether oxygens (including phenoxy) is 1. The SMILES string of the molecule is CCOC(=O)c1ccc(NCc2ccc(N3CCCC3=O)cc2)nc1. The zero-order valence-corrected chi connectivity index (χ0v) is 14.2. The average molecular weight is 339 g/mol. The van der Waals surface area contributed by atoms with E-state index in [0.29, 0.717) is 31.0 Å². The van der Waals surface area contributed by atoms with Gasteiger partial charge in [0.2, 0.25) is 5.91 Å². The molecule has 0 aliphatic carbocycles. The second kappa shape index (κ2) is 7.79. The number of nitrogens with one attached hydrogen (secondary N) is 1. The summed E-state index contributed by atoms with van der Waals surface area (Å²) in [5.74, 6) is 0.511. The van der Waals surface area contributed by atoms with Crippen molar-refractivity contribution in [2.45, 2.75) is 26.3 Å².